The van der Waals surface area contributed by atoms with Crippen LogP contribution in [0.4, 0.5) is 0 Å². The standard InChI is InChI=1S/C12H19NOS/c1-9(2)12(14)13(4)10(3)8-11-6-5-7-15-11/h5-7,9-10H,8H2,1-4H3. The second-order valence-corrected chi connectivity index (χ2v) is 5.27. The lowest BCUT2D eigenvalue weighted by atomic mass is 10.1. The average molecular weight is 225 g/mol. The van der Waals surface area contributed by atoms with Crippen LogP contribution in [-0.2, 0) is 11.2 Å². The van der Waals surface area contributed by atoms with Gasteiger partial charge in [-0.25, -0.2) is 0 Å². The highest BCUT2D eigenvalue weighted by atomic mass is 32.1. The van der Waals surface area contributed by atoms with Crippen LogP contribution in [0.25, 0.3) is 0 Å². The minimum atomic E-state index is 0.0841. The molecular formula is C12H19NOS. The summed E-state index contributed by atoms with van der Waals surface area (Å²) in [7, 11) is 1.89. The lowest BCUT2D eigenvalue weighted by molar-refractivity contribution is -0.134. The maximum atomic E-state index is 11.7. The minimum absolute atomic E-state index is 0.0841. The van der Waals surface area contributed by atoms with E-state index in [0.717, 1.165) is 6.42 Å². The molecule has 0 aromatic carbocycles. The Kier molecular flexibility index (Phi) is 4.33. The molecule has 1 aromatic heterocycles. The average Bonchev–Trinajstić information content (AvgIpc) is 2.67. The smallest absolute Gasteiger partial charge is 0.225 e. The van der Waals surface area contributed by atoms with Crippen LogP contribution in [0.2, 0.25) is 0 Å². The van der Waals surface area contributed by atoms with E-state index in [9.17, 15) is 4.79 Å². The van der Waals surface area contributed by atoms with Crippen molar-refractivity contribution in [3.63, 3.8) is 0 Å². The number of nitrogens with zero attached hydrogens (tertiary/aromatic N) is 1. The molecular weight excluding hydrogens is 206 g/mol. The topological polar surface area (TPSA) is 20.3 Å². The zero-order chi connectivity index (χ0) is 11.4. The summed E-state index contributed by atoms with van der Waals surface area (Å²) in [6, 6.07) is 4.45. The summed E-state index contributed by atoms with van der Waals surface area (Å²) < 4.78 is 0. The molecule has 0 fully saturated rings. The number of amides is 1. The van der Waals surface area contributed by atoms with Crippen molar-refractivity contribution < 1.29 is 4.79 Å². The second-order valence-electron chi connectivity index (χ2n) is 4.24. The number of carbonyl (C=O) groups excluding carboxylic acids is 1. The predicted octanol–water partition coefficient (Wildman–Crippen LogP) is 2.79. The van der Waals surface area contributed by atoms with Crippen molar-refractivity contribution >= 4 is 17.2 Å². The summed E-state index contributed by atoms with van der Waals surface area (Å²) in [5, 5.41) is 2.08. The van der Waals surface area contributed by atoms with Crippen LogP contribution >= 0.6 is 11.3 Å². The maximum absolute atomic E-state index is 11.7. The maximum Gasteiger partial charge on any atom is 0.225 e. The molecule has 0 spiro atoms. The van der Waals surface area contributed by atoms with E-state index in [1.165, 1.54) is 4.88 Å². The molecule has 0 aliphatic heterocycles. The summed E-state index contributed by atoms with van der Waals surface area (Å²) in [5.74, 6) is 0.305. The van der Waals surface area contributed by atoms with Gasteiger partial charge in [-0.2, -0.15) is 0 Å². The number of carbonyl (C=O) groups is 1. The molecule has 1 heterocycles. The Labute approximate surface area is 95.9 Å². The molecule has 0 aliphatic rings. The second kappa shape index (κ2) is 5.31. The quantitative estimate of drug-likeness (QED) is 0.771. The van der Waals surface area contributed by atoms with Gasteiger partial charge >= 0.3 is 0 Å². The van der Waals surface area contributed by atoms with E-state index < -0.39 is 0 Å². The van der Waals surface area contributed by atoms with E-state index in [-0.39, 0.29) is 17.9 Å². The van der Waals surface area contributed by atoms with Crippen molar-refractivity contribution in [3.05, 3.63) is 22.4 Å². The number of hydrogen-bond donors (Lipinski definition) is 0. The highest BCUT2D eigenvalue weighted by molar-refractivity contribution is 7.09. The highest BCUT2D eigenvalue weighted by Crippen LogP contribution is 2.14. The zero-order valence-corrected chi connectivity index (χ0v) is 10.7. The lowest BCUT2D eigenvalue weighted by Gasteiger charge is -2.26. The Bertz CT molecular complexity index is 305. The first-order valence-corrected chi connectivity index (χ1v) is 6.19. The summed E-state index contributed by atoms with van der Waals surface area (Å²) >= 11 is 1.75. The van der Waals surface area contributed by atoms with Gasteiger partial charge in [0.2, 0.25) is 5.91 Å². The third-order valence-corrected chi connectivity index (χ3v) is 3.48. The van der Waals surface area contributed by atoms with Crippen LogP contribution in [0.15, 0.2) is 17.5 Å². The third-order valence-electron chi connectivity index (χ3n) is 2.58. The predicted molar refractivity (Wildman–Crippen MR) is 65.1 cm³/mol. The molecule has 1 amide bonds. The fraction of sp³-hybridized carbons (Fsp3) is 0.583. The number of thiophene rings is 1. The van der Waals surface area contributed by atoms with Gasteiger partial charge in [0.1, 0.15) is 0 Å². The van der Waals surface area contributed by atoms with Crippen molar-refractivity contribution in [3.8, 4) is 0 Å². The third kappa shape index (κ3) is 3.34. The molecule has 1 unspecified atom stereocenters. The number of hydrogen-bond acceptors (Lipinski definition) is 2. The van der Waals surface area contributed by atoms with Gasteiger partial charge in [-0.05, 0) is 18.4 Å². The van der Waals surface area contributed by atoms with Crippen LogP contribution < -0.4 is 0 Å². The fourth-order valence-corrected chi connectivity index (χ4v) is 2.31. The van der Waals surface area contributed by atoms with Crippen LogP contribution in [0.1, 0.15) is 25.6 Å². The van der Waals surface area contributed by atoms with E-state index >= 15 is 0 Å². The molecule has 0 saturated heterocycles. The fourth-order valence-electron chi connectivity index (χ4n) is 1.48. The van der Waals surface area contributed by atoms with Crippen molar-refractivity contribution in [2.75, 3.05) is 7.05 Å². The molecule has 0 N–H and O–H groups in total. The number of rotatable bonds is 4. The first-order chi connectivity index (χ1) is 7.02. The molecule has 3 heteroatoms. The molecule has 0 radical (unpaired) electrons. The van der Waals surface area contributed by atoms with Gasteiger partial charge in [0, 0.05) is 30.3 Å². The molecule has 0 saturated carbocycles. The van der Waals surface area contributed by atoms with E-state index in [4.69, 9.17) is 0 Å². The van der Waals surface area contributed by atoms with Crippen LogP contribution in [0.5, 0.6) is 0 Å². The zero-order valence-electron chi connectivity index (χ0n) is 9.86. The summed E-state index contributed by atoms with van der Waals surface area (Å²) in [5.41, 5.74) is 0. The monoisotopic (exact) mass is 225 g/mol. The van der Waals surface area contributed by atoms with Gasteiger partial charge in [-0.1, -0.05) is 19.9 Å². The Morgan fingerprint density at radius 2 is 2.13 bits per heavy atom. The van der Waals surface area contributed by atoms with Gasteiger partial charge in [-0.3, -0.25) is 4.79 Å². The SMILES string of the molecule is CC(C)C(=O)N(C)C(C)Cc1cccs1. The van der Waals surface area contributed by atoms with E-state index in [1.54, 1.807) is 11.3 Å². The minimum Gasteiger partial charge on any atom is -0.342 e. The van der Waals surface area contributed by atoms with Crippen LogP contribution in [0.3, 0.4) is 0 Å². The van der Waals surface area contributed by atoms with Crippen molar-refractivity contribution in [2.24, 2.45) is 5.92 Å². The summed E-state index contributed by atoms with van der Waals surface area (Å²) in [6.07, 6.45) is 0.951. The van der Waals surface area contributed by atoms with E-state index in [0.29, 0.717) is 0 Å². The van der Waals surface area contributed by atoms with E-state index in [2.05, 4.69) is 24.4 Å². The largest absolute Gasteiger partial charge is 0.342 e. The van der Waals surface area contributed by atoms with E-state index in [1.807, 2.05) is 25.8 Å². The first-order valence-electron chi connectivity index (χ1n) is 5.31. The Morgan fingerprint density at radius 3 is 2.60 bits per heavy atom. The van der Waals surface area contributed by atoms with Gasteiger partial charge in [0.05, 0.1) is 0 Å². The van der Waals surface area contributed by atoms with Gasteiger partial charge in [0.15, 0.2) is 0 Å². The van der Waals surface area contributed by atoms with Gasteiger partial charge in [0.25, 0.3) is 0 Å². The van der Waals surface area contributed by atoms with Crippen molar-refractivity contribution in [1.29, 1.82) is 0 Å². The molecule has 1 rings (SSSR count). The van der Waals surface area contributed by atoms with Crippen LogP contribution in [-0.4, -0.2) is 23.9 Å². The molecule has 84 valence electrons. The molecule has 2 nitrogen and oxygen atoms in total. The molecule has 15 heavy (non-hydrogen) atoms. The first kappa shape index (κ1) is 12.2. The van der Waals surface area contributed by atoms with Crippen LogP contribution in [0, 0.1) is 5.92 Å². The lowest BCUT2D eigenvalue weighted by Crippen LogP contribution is -2.38. The molecule has 1 atom stereocenters. The molecule has 0 aliphatic carbocycles. The Morgan fingerprint density at radius 1 is 1.47 bits per heavy atom. The van der Waals surface area contributed by atoms with Gasteiger partial charge in [-0.15, -0.1) is 11.3 Å². The summed E-state index contributed by atoms with van der Waals surface area (Å²) in [6.45, 7) is 5.98. The van der Waals surface area contributed by atoms with Crippen molar-refractivity contribution in [2.45, 2.75) is 33.2 Å². The Hall–Kier alpha value is -0.830. The number of likely N-dealkylation sites (N-methyl/N-ethyl adjacent to an activating group) is 1. The molecule has 0 bridgehead atoms. The normalized spacial score (nSPS) is 12.9. The van der Waals surface area contributed by atoms with Gasteiger partial charge < -0.3 is 4.90 Å². The van der Waals surface area contributed by atoms with Crippen molar-refractivity contribution in [1.82, 2.24) is 4.90 Å². The Balaban J connectivity index is 2.53. The highest BCUT2D eigenvalue weighted by Gasteiger charge is 2.18. The molecule has 1 aromatic rings. The summed E-state index contributed by atoms with van der Waals surface area (Å²) in [4.78, 5) is 14.9.